The van der Waals surface area contributed by atoms with Gasteiger partial charge in [-0.3, -0.25) is 0 Å². The minimum atomic E-state index is -1.52. The van der Waals surface area contributed by atoms with Crippen molar-refractivity contribution in [3.05, 3.63) is 172 Å². The summed E-state index contributed by atoms with van der Waals surface area (Å²) in [5, 5.41) is 11.6. The minimum absolute atomic E-state index is 0.0153. The number of hydrogen-bond acceptors (Lipinski definition) is 7. The van der Waals surface area contributed by atoms with Crippen molar-refractivity contribution in [3.8, 4) is 5.75 Å². The summed E-state index contributed by atoms with van der Waals surface area (Å²) in [5.74, 6) is -1.76. The lowest BCUT2D eigenvalue weighted by atomic mass is 9.83. The second-order valence-corrected chi connectivity index (χ2v) is 13.6. The molecule has 0 unspecified atom stereocenters. The molecule has 2 heterocycles. The molecule has 2 bridgehead atoms. The number of ether oxygens (including phenoxy) is 6. The van der Waals surface area contributed by atoms with Crippen LogP contribution in [0.2, 0.25) is 5.02 Å². The maximum absolute atomic E-state index is 14.9. The number of hydrogen-bond donors (Lipinski definition) is 1. The summed E-state index contributed by atoms with van der Waals surface area (Å²) >= 11 is 6.79. The minimum Gasteiger partial charge on any atom is -0.491 e. The fraction of sp³-hybridized carbons (Fsp3) is 0.302. The molecule has 5 aromatic carbocycles. The fourth-order valence-electron chi connectivity index (χ4n) is 7.01. The van der Waals surface area contributed by atoms with E-state index < -0.39 is 42.1 Å². The van der Waals surface area contributed by atoms with Crippen molar-refractivity contribution in [1.82, 2.24) is 0 Å². The lowest BCUT2D eigenvalue weighted by molar-refractivity contribution is -0.353. The lowest BCUT2D eigenvalue weighted by Crippen LogP contribution is -2.67. The van der Waals surface area contributed by atoms with E-state index in [-0.39, 0.29) is 32.2 Å². The van der Waals surface area contributed by atoms with Gasteiger partial charge in [0, 0.05) is 10.6 Å². The van der Waals surface area contributed by atoms with Crippen LogP contribution >= 0.6 is 11.6 Å². The Morgan fingerprint density at radius 3 is 1.90 bits per heavy atom. The van der Waals surface area contributed by atoms with Gasteiger partial charge < -0.3 is 33.5 Å². The normalized spacial score (nSPS) is 23.8. The molecule has 0 aromatic heterocycles. The molecule has 270 valence electrons. The van der Waals surface area contributed by atoms with Crippen LogP contribution in [0.3, 0.4) is 0 Å². The molecule has 52 heavy (non-hydrogen) atoms. The van der Waals surface area contributed by atoms with E-state index in [1.54, 1.807) is 12.1 Å². The highest BCUT2D eigenvalue weighted by atomic mass is 35.5. The first kappa shape index (κ1) is 36.2. The predicted molar refractivity (Wildman–Crippen MR) is 195 cm³/mol. The van der Waals surface area contributed by atoms with Crippen LogP contribution in [-0.4, -0.2) is 48.8 Å². The molecule has 7 rings (SSSR count). The van der Waals surface area contributed by atoms with E-state index in [0.29, 0.717) is 23.6 Å². The summed E-state index contributed by atoms with van der Waals surface area (Å²) in [6.07, 6.45) is -2.06. The summed E-state index contributed by atoms with van der Waals surface area (Å²) in [4.78, 5) is 0. The molecule has 5 atom stereocenters. The third-order valence-electron chi connectivity index (χ3n) is 9.61. The highest BCUT2D eigenvalue weighted by molar-refractivity contribution is 6.31. The summed E-state index contributed by atoms with van der Waals surface area (Å²) in [6, 6.07) is 40.0. The van der Waals surface area contributed by atoms with Crippen molar-refractivity contribution in [3.63, 3.8) is 0 Å². The van der Waals surface area contributed by atoms with Gasteiger partial charge in [-0.2, -0.15) is 0 Å². The Bertz CT molecular complexity index is 1910. The lowest BCUT2D eigenvalue weighted by Gasteiger charge is -2.50. The molecule has 9 heteroatoms. The van der Waals surface area contributed by atoms with Crippen molar-refractivity contribution in [2.45, 2.75) is 62.9 Å². The molecule has 7 nitrogen and oxygen atoms in total. The highest BCUT2D eigenvalue weighted by Crippen LogP contribution is 2.53. The summed E-state index contributed by atoms with van der Waals surface area (Å²) in [7, 11) is 0. The molecule has 0 radical (unpaired) electrons. The first-order valence-electron chi connectivity index (χ1n) is 17.5. The summed E-state index contributed by atoms with van der Waals surface area (Å²) < 4.78 is 54.3. The molecule has 0 saturated carbocycles. The molecule has 0 aliphatic carbocycles. The topological polar surface area (TPSA) is 75.6 Å². The van der Waals surface area contributed by atoms with Gasteiger partial charge in [0.25, 0.3) is 0 Å². The van der Waals surface area contributed by atoms with E-state index in [1.807, 2.05) is 116 Å². The van der Waals surface area contributed by atoms with E-state index in [2.05, 4.69) is 0 Å². The number of aliphatic hydroxyl groups is 1. The van der Waals surface area contributed by atoms with Gasteiger partial charge in [-0.25, -0.2) is 4.39 Å². The van der Waals surface area contributed by atoms with Crippen molar-refractivity contribution in [2.24, 2.45) is 0 Å². The molecule has 1 N–H and O–H groups in total. The monoisotopic (exact) mass is 724 g/mol. The Morgan fingerprint density at radius 1 is 0.731 bits per heavy atom. The van der Waals surface area contributed by atoms with Gasteiger partial charge in [-0.15, -0.1) is 0 Å². The van der Waals surface area contributed by atoms with Crippen LogP contribution in [0.25, 0.3) is 0 Å². The number of aliphatic hydroxyl groups excluding tert-OH is 1. The molecular weight excluding hydrogens is 683 g/mol. The van der Waals surface area contributed by atoms with Crippen LogP contribution in [-0.2, 0) is 55.7 Å². The Balaban J connectivity index is 1.29. The maximum atomic E-state index is 14.9. The largest absolute Gasteiger partial charge is 0.491 e. The molecular formula is C43H42ClFO7. The average molecular weight is 725 g/mol. The van der Waals surface area contributed by atoms with Gasteiger partial charge in [0.1, 0.15) is 23.9 Å². The van der Waals surface area contributed by atoms with Gasteiger partial charge >= 0.3 is 0 Å². The average Bonchev–Trinajstić information content (AvgIpc) is 3.54. The summed E-state index contributed by atoms with van der Waals surface area (Å²) in [6.45, 7) is 2.54. The van der Waals surface area contributed by atoms with E-state index in [0.717, 1.165) is 27.8 Å². The van der Waals surface area contributed by atoms with Gasteiger partial charge in [-0.1, -0.05) is 115 Å². The Morgan fingerprint density at radius 2 is 1.33 bits per heavy atom. The molecule has 2 fully saturated rings. The first-order valence-corrected chi connectivity index (χ1v) is 17.9. The smallest absolute Gasteiger partial charge is 0.225 e. The van der Waals surface area contributed by atoms with Crippen LogP contribution in [0.4, 0.5) is 4.39 Å². The van der Waals surface area contributed by atoms with Gasteiger partial charge in [0.2, 0.25) is 5.79 Å². The third-order valence-corrected chi connectivity index (χ3v) is 9.98. The van der Waals surface area contributed by atoms with E-state index >= 15 is 0 Å². The summed E-state index contributed by atoms with van der Waals surface area (Å²) in [5.41, 5.74) is 3.67. The second kappa shape index (κ2) is 16.3. The van der Waals surface area contributed by atoms with Gasteiger partial charge in [-0.05, 0) is 65.4 Å². The molecule has 2 aliphatic rings. The van der Waals surface area contributed by atoms with Gasteiger partial charge in [0.05, 0.1) is 39.6 Å². The van der Waals surface area contributed by atoms with Crippen LogP contribution in [0.15, 0.2) is 127 Å². The zero-order valence-corrected chi connectivity index (χ0v) is 29.7. The van der Waals surface area contributed by atoms with Gasteiger partial charge in [0.15, 0.2) is 11.6 Å². The number of rotatable bonds is 15. The van der Waals surface area contributed by atoms with Crippen LogP contribution in [0.1, 0.15) is 40.3 Å². The van der Waals surface area contributed by atoms with Crippen LogP contribution in [0, 0.1) is 5.82 Å². The Hall–Kier alpha value is -4.12. The van der Waals surface area contributed by atoms with E-state index in [1.165, 1.54) is 6.07 Å². The van der Waals surface area contributed by atoms with Crippen molar-refractivity contribution >= 4 is 11.6 Å². The van der Waals surface area contributed by atoms with Crippen LogP contribution in [0.5, 0.6) is 5.75 Å². The Kier molecular flexibility index (Phi) is 11.3. The second-order valence-electron chi connectivity index (χ2n) is 13.2. The third kappa shape index (κ3) is 7.65. The quantitative estimate of drug-likeness (QED) is 0.117. The predicted octanol–water partition coefficient (Wildman–Crippen LogP) is 8.17. The molecule has 2 saturated heterocycles. The highest BCUT2D eigenvalue weighted by Gasteiger charge is 2.69. The van der Waals surface area contributed by atoms with Crippen molar-refractivity contribution in [2.75, 3.05) is 19.8 Å². The number of halogens is 2. The maximum Gasteiger partial charge on any atom is 0.225 e. The zero-order chi connectivity index (χ0) is 36.0. The van der Waals surface area contributed by atoms with Crippen LogP contribution < -0.4 is 4.74 Å². The molecule has 0 amide bonds. The first-order chi connectivity index (χ1) is 25.4. The van der Waals surface area contributed by atoms with E-state index in [9.17, 15) is 9.50 Å². The van der Waals surface area contributed by atoms with Crippen molar-refractivity contribution < 1.29 is 37.9 Å². The molecule has 2 aliphatic heterocycles. The van der Waals surface area contributed by atoms with Crippen molar-refractivity contribution in [1.29, 1.82) is 0 Å². The number of benzene rings is 5. The Labute approximate surface area is 308 Å². The number of fused-ring (bicyclic) bond motifs is 2. The fourth-order valence-corrected chi connectivity index (χ4v) is 7.19. The molecule has 0 spiro atoms. The standard InChI is InChI=1S/C43H42ClFO7/c1-2-47-38-21-18-33(23-37(38)45)22-34-24-35(19-20-36(34)44)43-41(50-27-32-16-10-5-11-17-32)39(48-25-30-12-6-3-7-13-30)40(42(28-46,52-43)29-51-43)49-26-31-14-8-4-9-15-31/h3-21,23-24,39-41,46H,2,22,25-29H2,1H3/t39-,40-,41+,42+,43+/m0/s1. The van der Waals surface area contributed by atoms with E-state index in [4.69, 9.17) is 40.0 Å². The SMILES string of the molecule is CCOc1ccc(Cc2cc([C@@]34OC[C@@](CO)(O3)[C@@H](OCc3ccccc3)[C@H](OCc3ccccc3)[C@H]4OCc3ccccc3)ccc2Cl)cc1F. The molecule has 5 aromatic rings. The zero-order valence-electron chi connectivity index (χ0n) is 29.0.